The number of aliphatic hydroxyl groups excluding tert-OH is 1. The first-order chi connectivity index (χ1) is 7.54. The van der Waals surface area contributed by atoms with Gasteiger partial charge in [-0.05, 0) is 19.2 Å². The minimum absolute atomic E-state index is 0.301. The first kappa shape index (κ1) is 12.6. The predicted molar refractivity (Wildman–Crippen MR) is 59.6 cm³/mol. The van der Waals surface area contributed by atoms with Gasteiger partial charge in [0, 0.05) is 24.7 Å². The molecule has 1 aromatic rings. The fourth-order valence-corrected chi connectivity index (χ4v) is 1.42. The number of aliphatic hydroxyl groups is 1. The quantitative estimate of drug-likeness (QED) is 0.718. The summed E-state index contributed by atoms with van der Waals surface area (Å²) in [5.41, 5.74) is 0.793. The van der Waals surface area contributed by atoms with Gasteiger partial charge in [-0.25, -0.2) is 4.39 Å². The van der Waals surface area contributed by atoms with E-state index in [1.807, 2.05) is 0 Å². The zero-order valence-corrected chi connectivity index (χ0v) is 9.25. The van der Waals surface area contributed by atoms with Gasteiger partial charge in [-0.3, -0.25) is 4.79 Å². The second-order valence-electron chi connectivity index (χ2n) is 3.49. The van der Waals surface area contributed by atoms with Crippen LogP contribution in [0.15, 0.2) is 18.2 Å². The molecule has 0 aliphatic carbocycles. The van der Waals surface area contributed by atoms with E-state index in [0.717, 1.165) is 0 Å². The van der Waals surface area contributed by atoms with E-state index >= 15 is 0 Å². The van der Waals surface area contributed by atoms with Crippen molar-refractivity contribution in [2.75, 3.05) is 18.9 Å². The van der Waals surface area contributed by atoms with Crippen molar-refractivity contribution in [1.82, 2.24) is 5.32 Å². The molecule has 0 saturated heterocycles. The second kappa shape index (κ2) is 5.58. The van der Waals surface area contributed by atoms with Gasteiger partial charge < -0.3 is 15.7 Å². The highest BCUT2D eigenvalue weighted by atomic mass is 19.1. The summed E-state index contributed by atoms with van der Waals surface area (Å²) < 4.78 is 13.0. The summed E-state index contributed by atoms with van der Waals surface area (Å²) in [6.07, 6.45) is -0.785. The summed E-state index contributed by atoms with van der Waals surface area (Å²) in [6.45, 7) is 1.66. The molecular formula is C11H15FN2O2. The Morgan fingerprint density at radius 3 is 2.81 bits per heavy atom. The van der Waals surface area contributed by atoms with Crippen LogP contribution in [0.4, 0.5) is 10.1 Å². The number of hydrogen-bond acceptors (Lipinski definition) is 3. The molecule has 4 nitrogen and oxygen atoms in total. The Kier molecular flexibility index (Phi) is 4.39. The van der Waals surface area contributed by atoms with Gasteiger partial charge in [0.05, 0.1) is 6.10 Å². The molecule has 1 atom stereocenters. The average molecular weight is 226 g/mol. The van der Waals surface area contributed by atoms with Gasteiger partial charge >= 0.3 is 0 Å². The van der Waals surface area contributed by atoms with E-state index in [2.05, 4.69) is 10.6 Å². The lowest BCUT2D eigenvalue weighted by Crippen LogP contribution is -2.19. The van der Waals surface area contributed by atoms with Crippen LogP contribution < -0.4 is 10.6 Å². The van der Waals surface area contributed by atoms with Crippen molar-refractivity contribution in [3.05, 3.63) is 29.6 Å². The maximum atomic E-state index is 13.0. The van der Waals surface area contributed by atoms with Gasteiger partial charge in [0.15, 0.2) is 0 Å². The molecule has 0 heterocycles. The summed E-state index contributed by atoms with van der Waals surface area (Å²) in [7, 11) is 1.70. The first-order valence-corrected chi connectivity index (χ1v) is 4.94. The molecule has 0 spiro atoms. The Balaban J connectivity index is 3.01. The highest BCUT2D eigenvalue weighted by Gasteiger charge is 2.13. The van der Waals surface area contributed by atoms with Gasteiger partial charge in [0.2, 0.25) is 5.91 Å². The summed E-state index contributed by atoms with van der Waals surface area (Å²) in [6, 6.07) is 3.90. The maximum absolute atomic E-state index is 13.0. The SMILES string of the molecule is CNCC(O)c1ccc(F)cc1NC(C)=O. The average Bonchev–Trinajstić information content (AvgIpc) is 2.16. The Bertz CT molecular complexity index is 382. The number of halogens is 1. The molecule has 0 aromatic heterocycles. The number of carbonyl (C=O) groups excluding carboxylic acids is 1. The molecule has 1 unspecified atom stereocenters. The van der Waals surface area contributed by atoms with E-state index in [1.165, 1.54) is 25.1 Å². The molecule has 88 valence electrons. The Morgan fingerprint density at radius 2 is 2.25 bits per heavy atom. The monoisotopic (exact) mass is 226 g/mol. The molecule has 0 aliphatic rings. The number of carbonyl (C=O) groups is 1. The van der Waals surface area contributed by atoms with Gasteiger partial charge in [-0.2, -0.15) is 0 Å². The summed E-state index contributed by atoms with van der Waals surface area (Å²) >= 11 is 0. The third-order valence-electron chi connectivity index (χ3n) is 2.08. The smallest absolute Gasteiger partial charge is 0.221 e. The van der Waals surface area contributed by atoms with E-state index in [1.54, 1.807) is 7.05 Å². The summed E-state index contributed by atoms with van der Waals surface area (Å²) in [5, 5.41) is 15.1. The van der Waals surface area contributed by atoms with Crippen molar-refractivity contribution < 1.29 is 14.3 Å². The predicted octanol–water partition coefficient (Wildman–Crippen LogP) is 1.04. The molecule has 1 aromatic carbocycles. The van der Waals surface area contributed by atoms with Crippen LogP contribution in [-0.4, -0.2) is 24.6 Å². The third kappa shape index (κ3) is 3.29. The number of rotatable bonds is 4. The van der Waals surface area contributed by atoms with Crippen molar-refractivity contribution in [1.29, 1.82) is 0 Å². The largest absolute Gasteiger partial charge is 0.387 e. The highest BCUT2D eigenvalue weighted by molar-refractivity contribution is 5.89. The molecule has 16 heavy (non-hydrogen) atoms. The lowest BCUT2D eigenvalue weighted by atomic mass is 10.1. The van der Waals surface area contributed by atoms with E-state index < -0.39 is 11.9 Å². The Morgan fingerprint density at radius 1 is 1.56 bits per heavy atom. The number of hydrogen-bond donors (Lipinski definition) is 3. The minimum atomic E-state index is -0.785. The van der Waals surface area contributed by atoms with Crippen LogP contribution in [0.2, 0.25) is 0 Å². The van der Waals surface area contributed by atoms with Gasteiger partial charge in [-0.1, -0.05) is 6.07 Å². The van der Waals surface area contributed by atoms with Crippen LogP contribution in [0.25, 0.3) is 0 Å². The molecule has 0 aliphatic heterocycles. The van der Waals surface area contributed by atoms with Gasteiger partial charge in [-0.15, -0.1) is 0 Å². The second-order valence-corrected chi connectivity index (χ2v) is 3.49. The maximum Gasteiger partial charge on any atom is 0.221 e. The number of benzene rings is 1. The van der Waals surface area contributed by atoms with Crippen LogP contribution in [-0.2, 0) is 4.79 Å². The number of amides is 1. The number of likely N-dealkylation sites (N-methyl/N-ethyl adjacent to an activating group) is 1. The van der Waals surface area contributed by atoms with Crippen LogP contribution in [0.1, 0.15) is 18.6 Å². The topological polar surface area (TPSA) is 61.4 Å². The fourth-order valence-electron chi connectivity index (χ4n) is 1.42. The van der Waals surface area contributed by atoms with Crippen LogP contribution in [0, 0.1) is 5.82 Å². The highest BCUT2D eigenvalue weighted by Crippen LogP contribution is 2.23. The van der Waals surface area contributed by atoms with Crippen LogP contribution in [0.5, 0.6) is 0 Å². The molecule has 3 N–H and O–H groups in total. The van der Waals surface area contributed by atoms with E-state index in [4.69, 9.17) is 0 Å². The number of nitrogens with one attached hydrogen (secondary N) is 2. The molecule has 0 saturated carbocycles. The summed E-state index contributed by atoms with van der Waals surface area (Å²) in [5.74, 6) is -0.757. The minimum Gasteiger partial charge on any atom is -0.387 e. The molecular weight excluding hydrogens is 211 g/mol. The molecule has 5 heteroatoms. The lowest BCUT2D eigenvalue weighted by Gasteiger charge is -2.15. The molecule has 0 fully saturated rings. The zero-order valence-electron chi connectivity index (χ0n) is 9.25. The molecule has 1 rings (SSSR count). The first-order valence-electron chi connectivity index (χ1n) is 4.94. The van der Waals surface area contributed by atoms with Crippen molar-refractivity contribution in [2.45, 2.75) is 13.0 Å². The van der Waals surface area contributed by atoms with E-state index in [9.17, 15) is 14.3 Å². The van der Waals surface area contributed by atoms with Gasteiger partial charge in [0.25, 0.3) is 0 Å². The van der Waals surface area contributed by atoms with Crippen molar-refractivity contribution in [3.8, 4) is 0 Å². The van der Waals surface area contributed by atoms with E-state index in [-0.39, 0.29) is 5.91 Å². The van der Waals surface area contributed by atoms with Crippen molar-refractivity contribution >= 4 is 11.6 Å². The van der Waals surface area contributed by atoms with Crippen LogP contribution >= 0.6 is 0 Å². The molecule has 0 bridgehead atoms. The van der Waals surface area contributed by atoms with Crippen LogP contribution in [0.3, 0.4) is 0 Å². The van der Waals surface area contributed by atoms with Crippen molar-refractivity contribution in [3.63, 3.8) is 0 Å². The number of anilines is 1. The van der Waals surface area contributed by atoms with Crippen molar-refractivity contribution in [2.24, 2.45) is 0 Å². The van der Waals surface area contributed by atoms with E-state index in [0.29, 0.717) is 17.8 Å². The molecule has 1 amide bonds. The lowest BCUT2D eigenvalue weighted by molar-refractivity contribution is -0.114. The Hall–Kier alpha value is -1.46. The van der Waals surface area contributed by atoms with Gasteiger partial charge in [0.1, 0.15) is 5.82 Å². The zero-order chi connectivity index (χ0) is 12.1. The Labute approximate surface area is 93.5 Å². The normalized spacial score (nSPS) is 12.2. The third-order valence-corrected chi connectivity index (χ3v) is 2.08. The standard InChI is InChI=1S/C11H15FN2O2/c1-7(15)14-10-5-8(12)3-4-9(10)11(16)6-13-2/h3-5,11,13,16H,6H2,1-2H3,(H,14,15). The summed E-state index contributed by atoms with van der Waals surface area (Å²) in [4.78, 5) is 10.9. The fraction of sp³-hybridized carbons (Fsp3) is 0.364. The molecule has 0 radical (unpaired) electrons.